The Labute approximate surface area is 104 Å². The molecule has 0 bridgehead atoms. The fourth-order valence-electron chi connectivity index (χ4n) is 1.72. The Bertz CT molecular complexity index is 359. The lowest BCUT2D eigenvalue weighted by molar-refractivity contribution is 0.209. The lowest BCUT2D eigenvalue weighted by atomic mass is 9.97. The van der Waals surface area contributed by atoms with Crippen LogP contribution in [0.5, 0.6) is 0 Å². The molecule has 17 heavy (non-hydrogen) atoms. The summed E-state index contributed by atoms with van der Waals surface area (Å²) in [6.45, 7) is 5.06. The first kappa shape index (κ1) is 13.6. The second-order valence-corrected chi connectivity index (χ2v) is 4.46. The molecule has 3 heteroatoms. The SMILES string of the molecule is CCC(C)c1ccc(CN(C)C(=O)NC)cc1. The van der Waals surface area contributed by atoms with Gasteiger partial charge in [0, 0.05) is 20.6 Å². The molecule has 1 unspecified atom stereocenters. The standard InChI is InChI=1S/C14H22N2O/c1-5-11(2)13-8-6-12(7-9-13)10-16(4)14(17)15-3/h6-9,11H,5,10H2,1-4H3,(H,15,17). The molecule has 0 saturated carbocycles. The van der Waals surface area contributed by atoms with Crippen molar-refractivity contribution in [2.45, 2.75) is 32.7 Å². The van der Waals surface area contributed by atoms with Gasteiger partial charge in [0.15, 0.2) is 0 Å². The van der Waals surface area contributed by atoms with E-state index in [9.17, 15) is 4.79 Å². The summed E-state index contributed by atoms with van der Waals surface area (Å²) < 4.78 is 0. The second-order valence-electron chi connectivity index (χ2n) is 4.46. The number of hydrogen-bond donors (Lipinski definition) is 1. The summed E-state index contributed by atoms with van der Waals surface area (Å²) in [7, 11) is 3.44. The van der Waals surface area contributed by atoms with Gasteiger partial charge in [0.05, 0.1) is 0 Å². The number of rotatable bonds is 4. The molecule has 1 N–H and O–H groups in total. The molecular formula is C14H22N2O. The smallest absolute Gasteiger partial charge is 0.317 e. The first-order valence-electron chi connectivity index (χ1n) is 6.10. The number of carbonyl (C=O) groups excluding carboxylic acids is 1. The van der Waals surface area contributed by atoms with E-state index in [0.29, 0.717) is 12.5 Å². The Morgan fingerprint density at radius 2 is 1.94 bits per heavy atom. The third-order valence-electron chi connectivity index (χ3n) is 3.14. The number of hydrogen-bond acceptors (Lipinski definition) is 1. The fourth-order valence-corrected chi connectivity index (χ4v) is 1.72. The predicted molar refractivity (Wildman–Crippen MR) is 71.1 cm³/mol. The Hall–Kier alpha value is -1.51. The van der Waals surface area contributed by atoms with Gasteiger partial charge in [0.1, 0.15) is 0 Å². The summed E-state index contributed by atoms with van der Waals surface area (Å²) in [6.07, 6.45) is 1.15. The van der Waals surface area contributed by atoms with E-state index in [-0.39, 0.29) is 6.03 Å². The van der Waals surface area contributed by atoms with Crippen molar-refractivity contribution in [3.05, 3.63) is 35.4 Å². The molecule has 1 aromatic rings. The van der Waals surface area contributed by atoms with E-state index in [0.717, 1.165) is 12.0 Å². The van der Waals surface area contributed by atoms with E-state index in [2.05, 4.69) is 43.4 Å². The number of urea groups is 1. The van der Waals surface area contributed by atoms with Crippen molar-refractivity contribution >= 4 is 6.03 Å². The number of carbonyl (C=O) groups is 1. The van der Waals surface area contributed by atoms with Gasteiger partial charge in [-0.05, 0) is 23.5 Å². The van der Waals surface area contributed by atoms with Crippen molar-refractivity contribution < 1.29 is 4.79 Å². The molecule has 1 aromatic carbocycles. The van der Waals surface area contributed by atoms with Crippen molar-refractivity contribution in [3.63, 3.8) is 0 Å². The van der Waals surface area contributed by atoms with Crippen LogP contribution in [0.15, 0.2) is 24.3 Å². The highest BCUT2D eigenvalue weighted by molar-refractivity contribution is 5.73. The van der Waals surface area contributed by atoms with Crippen LogP contribution in [0, 0.1) is 0 Å². The van der Waals surface area contributed by atoms with Gasteiger partial charge in [-0.25, -0.2) is 4.79 Å². The van der Waals surface area contributed by atoms with Crippen LogP contribution in [0.1, 0.15) is 37.3 Å². The number of nitrogens with zero attached hydrogens (tertiary/aromatic N) is 1. The molecule has 0 aliphatic rings. The van der Waals surface area contributed by atoms with E-state index in [4.69, 9.17) is 0 Å². The first-order chi connectivity index (χ1) is 8.08. The number of benzene rings is 1. The quantitative estimate of drug-likeness (QED) is 0.853. The highest BCUT2D eigenvalue weighted by Gasteiger charge is 2.07. The first-order valence-corrected chi connectivity index (χ1v) is 6.10. The lowest BCUT2D eigenvalue weighted by Crippen LogP contribution is -2.34. The number of nitrogens with one attached hydrogen (secondary N) is 1. The maximum atomic E-state index is 11.4. The van der Waals surface area contributed by atoms with E-state index >= 15 is 0 Å². The molecule has 0 spiro atoms. The minimum absolute atomic E-state index is 0.0593. The summed E-state index contributed by atoms with van der Waals surface area (Å²) >= 11 is 0. The highest BCUT2D eigenvalue weighted by Crippen LogP contribution is 2.19. The molecule has 1 rings (SSSR count). The van der Waals surface area contributed by atoms with Gasteiger partial charge in [-0.1, -0.05) is 38.1 Å². The zero-order valence-corrected chi connectivity index (χ0v) is 11.2. The largest absolute Gasteiger partial charge is 0.341 e. The van der Waals surface area contributed by atoms with Gasteiger partial charge >= 0.3 is 6.03 Å². The Kier molecular flexibility index (Phi) is 5.01. The number of amides is 2. The highest BCUT2D eigenvalue weighted by atomic mass is 16.2. The van der Waals surface area contributed by atoms with Crippen molar-refractivity contribution in [1.82, 2.24) is 10.2 Å². The van der Waals surface area contributed by atoms with Crippen molar-refractivity contribution in [3.8, 4) is 0 Å². The van der Waals surface area contributed by atoms with Crippen LogP contribution in [0.25, 0.3) is 0 Å². The average molecular weight is 234 g/mol. The van der Waals surface area contributed by atoms with Crippen LogP contribution in [0.4, 0.5) is 4.79 Å². The zero-order valence-electron chi connectivity index (χ0n) is 11.2. The molecule has 0 radical (unpaired) electrons. The molecule has 0 aliphatic heterocycles. The van der Waals surface area contributed by atoms with E-state index in [1.807, 2.05) is 0 Å². The maximum absolute atomic E-state index is 11.4. The molecule has 0 aromatic heterocycles. The second kappa shape index (κ2) is 6.28. The van der Waals surface area contributed by atoms with Gasteiger partial charge in [-0.2, -0.15) is 0 Å². The lowest BCUT2D eigenvalue weighted by Gasteiger charge is -2.17. The van der Waals surface area contributed by atoms with Crippen LogP contribution in [0.3, 0.4) is 0 Å². The summed E-state index contributed by atoms with van der Waals surface area (Å²) in [4.78, 5) is 13.0. The molecule has 0 aliphatic carbocycles. The Morgan fingerprint density at radius 1 is 1.35 bits per heavy atom. The molecule has 0 fully saturated rings. The monoisotopic (exact) mass is 234 g/mol. The summed E-state index contributed by atoms with van der Waals surface area (Å²) in [6, 6.07) is 8.44. The van der Waals surface area contributed by atoms with Gasteiger partial charge < -0.3 is 10.2 Å². The fraction of sp³-hybridized carbons (Fsp3) is 0.500. The van der Waals surface area contributed by atoms with Crippen LogP contribution < -0.4 is 5.32 Å². The molecular weight excluding hydrogens is 212 g/mol. The molecule has 94 valence electrons. The minimum Gasteiger partial charge on any atom is -0.341 e. The maximum Gasteiger partial charge on any atom is 0.317 e. The van der Waals surface area contributed by atoms with Crippen LogP contribution in [-0.4, -0.2) is 25.0 Å². The molecule has 0 saturated heterocycles. The summed E-state index contributed by atoms with van der Waals surface area (Å²) in [5.41, 5.74) is 2.52. The van der Waals surface area contributed by atoms with Crippen molar-refractivity contribution in [2.24, 2.45) is 0 Å². The van der Waals surface area contributed by atoms with Gasteiger partial charge in [-0.15, -0.1) is 0 Å². The molecule has 1 atom stereocenters. The van der Waals surface area contributed by atoms with Crippen LogP contribution in [0.2, 0.25) is 0 Å². The van der Waals surface area contributed by atoms with Crippen molar-refractivity contribution in [2.75, 3.05) is 14.1 Å². The normalized spacial score (nSPS) is 12.0. The topological polar surface area (TPSA) is 32.3 Å². The van der Waals surface area contributed by atoms with E-state index < -0.39 is 0 Å². The van der Waals surface area contributed by atoms with Gasteiger partial charge in [-0.3, -0.25) is 0 Å². The molecule has 0 heterocycles. The molecule has 2 amide bonds. The molecule has 3 nitrogen and oxygen atoms in total. The summed E-state index contributed by atoms with van der Waals surface area (Å²) in [5.74, 6) is 0.598. The van der Waals surface area contributed by atoms with E-state index in [1.54, 1.807) is 19.0 Å². The minimum atomic E-state index is -0.0593. The van der Waals surface area contributed by atoms with Crippen LogP contribution >= 0.6 is 0 Å². The average Bonchev–Trinajstić information content (AvgIpc) is 2.37. The third kappa shape index (κ3) is 3.77. The van der Waals surface area contributed by atoms with Crippen molar-refractivity contribution in [1.29, 1.82) is 0 Å². The summed E-state index contributed by atoms with van der Waals surface area (Å²) in [5, 5.41) is 2.61. The van der Waals surface area contributed by atoms with Crippen LogP contribution in [-0.2, 0) is 6.54 Å². The van der Waals surface area contributed by atoms with Gasteiger partial charge in [0.2, 0.25) is 0 Å². The predicted octanol–water partition coefficient (Wildman–Crippen LogP) is 2.97. The zero-order chi connectivity index (χ0) is 12.8. The third-order valence-corrected chi connectivity index (χ3v) is 3.14. The Morgan fingerprint density at radius 3 is 2.41 bits per heavy atom. The van der Waals surface area contributed by atoms with Gasteiger partial charge in [0.25, 0.3) is 0 Å². The Balaban J connectivity index is 2.65. The van der Waals surface area contributed by atoms with E-state index in [1.165, 1.54) is 5.56 Å².